The van der Waals surface area contributed by atoms with E-state index >= 15 is 0 Å². The number of rotatable bonds is 9. The summed E-state index contributed by atoms with van der Waals surface area (Å²) >= 11 is 0. The van der Waals surface area contributed by atoms with Crippen LogP contribution in [0.3, 0.4) is 0 Å². The zero-order valence-corrected chi connectivity index (χ0v) is 17.7. The Morgan fingerprint density at radius 3 is 2.47 bits per heavy atom. The van der Waals surface area contributed by atoms with Gasteiger partial charge in [-0.3, -0.25) is 4.90 Å². The van der Waals surface area contributed by atoms with Crippen molar-refractivity contribution in [1.82, 2.24) is 14.7 Å². The first kappa shape index (κ1) is 20.4. The van der Waals surface area contributed by atoms with Crippen LogP contribution in [-0.4, -0.2) is 48.2 Å². The molecule has 0 N–H and O–H groups in total. The van der Waals surface area contributed by atoms with Crippen LogP contribution in [0, 0.1) is 0 Å². The molecule has 0 amide bonds. The van der Waals surface area contributed by atoms with Crippen LogP contribution in [0.5, 0.6) is 11.5 Å². The Hall–Kier alpha value is -2.83. The van der Waals surface area contributed by atoms with Crippen molar-refractivity contribution in [2.75, 3.05) is 27.4 Å². The Labute approximate surface area is 178 Å². The highest BCUT2D eigenvalue weighted by Gasteiger charge is 2.20. The first-order valence-corrected chi connectivity index (χ1v) is 10.4. The number of hydrogen-bond donors (Lipinski definition) is 0. The van der Waals surface area contributed by atoms with Gasteiger partial charge in [0.15, 0.2) is 11.5 Å². The van der Waals surface area contributed by atoms with Gasteiger partial charge in [0.1, 0.15) is 0 Å². The van der Waals surface area contributed by atoms with Gasteiger partial charge in [0.05, 0.1) is 26.0 Å². The van der Waals surface area contributed by atoms with Gasteiger partial charge < -0.3 is 14.2 Å². The molecule has 0 saturated carbocycles. The van der Waals surface area contributed by atoms with E-state index in [0.29, 0.717) is 6.10 Å². The summed E-state index contributed by atoms with van der Waals surface area (Å²) in [6.45, 7) is 3.46. The minimum absolute atomic E-state index is 0.300. The molecule has 0 radical (unpaired) electrons. The van der Waals surface area contributed by atoms with Gasteiger partial charge in [-0.05, 0) is 54.3 Å². The maximum Gasteiger partial charge on any atom is 0.161 e. The average molecular weight is 408 g/mol. The van der Waals surface area contributed by atoms with Gasteiger partial charge >= 0.3 is 0 Å². The Kier molecular flexibility index (Phi) is 6.67. The van der Waals surface area contributed by atoms with Crippen molar-refractivity contribution in [3.8, 4) is 17.2 Å². The van der Waals surface area contributed by atoms with Crippen molar-refractivity contribution >= 4 is 0 Å². The fourth-order valence-electron chi connectivity index (χ4n) is 3.93. The molecule has 158 valence electrons. The molecule has 0 spiro atoms. The number of hydrogen-bond acceptors (Lipinski definition) is 5. The van der Waals surface area contributed by atoms with Crippen molar-refractivity contribution < 1.29 is 14.2 Å². The highest BCUT2D eigenvalue weighted by Crippen LogP contribution is 2.28. The topological polar surface area (TPSA) is 48.8 Å². The van der Waals surface area contributed by atoms with Crippen LogP contribution in [0.15, 0.2) is 60.9 Å². The summed E-state index contributed by atoms with van der Waals surface area (Å²) in [5, 5.41) is 4.30. The molecule has 30 heavy (non-hydrogen) atoms. The zero-order chi connectivity index (χ0) is 20.8. The minimum atomic E-state index is 0.300. The maximum atomic E-state index is 5.91. The van der Waals surface area contributed by atoms with Crippen molar-refractivity contribution in [3.63, 3.8) is 0 Å². The monoisotopic (exact) mass is 407 g/mol. The SMILES string of the molecule is COc1ccc(CN(Cc2ccc(-n3cccn3)cc2)CC2CCCO2)cc1OC. The molecule has 6 nitrogen and oxygen atoms in total. The van der Waals surface area contributed by atoms with Crippen molar-refractivity contribution in [2.24, 2.45) is 0 Å². The lowest BCUT2D eigenvalue weighted by molar-refractivity contribution is 0.0679. The van der Waals surface area contributed by atoms with Gasteiger partial charge in [-0.15, -0.1) is 0 Å². The van der Waals surface area contributed by atoms with E-state index in [1.807, 2.05) is 23.0 Å². The van der Waals surface area contributed by atoms with Crippen molar-refractivity contribution in [3.05, 3.63) is 72.1 Å². The van der Waals surface area contributed by atoms with E-state index < -0.39 is 0 Å². The molecule has 1 unspecified atom stereocenters. The first-order valence-electron chi connectivity index (χ1n) is 10.4. The second-order valence-electron chi connectivity index (χ2n) is 7.61. The molecular weight excluding hydrogens is 378 g/mol. The van der Waals surface area contributed by atoms with E-state index in [-0.39, 0.29) is 0 Å². The van der Waals surface area contributed by atoms with Gasteiger partial charge in [0.2, 0.25) is 0 Å². The van der Waals surface area contributed by atoms with Crippen LogP contribution in [0.25, 0.3) is 5.69 Å². The molecular formula is C24H29N3O3. The lowest BCUT2D eigenvalue weighted by Crippen LogP contribution is -2.31. The molecule has 2 heterocycles. The molecule has 1 aliphatic rings. The molecule has 0 aliphatic carbocycles. The van der Waals surface area contributed by atoms with Gasteiger partial charge in [0.25, 0.3) is 0 Å². The number of ether oxygens (including phenoxy) is 3. The fourth-order valence-corrected chi connectivity index (χ4v) is 3.93. The molecule has 1 atom stereocenters. The molecule has 4 rings (SSSR count). The van der Waals surface area contributed by atoms with Crippen LogP contribution >= 0.6 is 0 Å². The Balaban J connectivity index is 1.49. The molecule has 1 saturated heterocycles. The summed E-state index contributed by atoms with van der Waals surface area (Å²) in [6, 6.07) is 16.6. The summed E-state index contributed by atoms with van der Waals surface area (Å²) in [6.07, 6.45) is 6.32. The standard InChI is InChI=1S/C24H29N3O3/c1-28-23-11-8-20(15-24(23)29-2)17-26(18-22-5-3-14-30-22)16-19-6-9-21(10-7-19)27-13-4-12-25-27/h4,6-13,15,22H,3,5,14,16-18H2,1-2H3. The average Bonchev–Trinajstić information content (AvgIpc) is 3.48. The summed E-state index contributed by atoms with van der Waals surface area (Å²) in [5.74, 6) is 1.51. The highest BCUT2D eigenvalue weighted by molar-refractivity contribution is 5.43. The third kappa shape index (κ3) is 5.01. The molecule has 3 aromatic rings. The fraction of sp³-hybridized carbons (Fsp3) is 0.375. The summed E-state index contributed by atoms with van der Waals surface area (Å²) in [7, 11) is 3.33. The lowest BCUT2D eigenvalue weighted by atomic mass is 10.1. The predicted octanol–water partition coefficient (Wildman–Crippen LogP) is 4.07. The number of aromatic nitrogens is 2. The highest BCUT2D eigenvalue weighted by atomic mass is 16.5. The van der Waals surface area contributed by atoms with E-state index in [2.05, 4.69) is 46.4 Å². The van der Waals surface area contributed by atoms with E-state index in [9.17, 15) is 0 Å². The van der Waals surface area contributed by atoms with E-state index in [0.717, 1.165) is 56.3 Å². The molecule has 1 aromatic heterocycles. The van der Waals surface area contributed by atoms with Crippen molar-refractivity contribution in [2.45, 2.75) is 32.0 Å². The van der Waals surface area contributed by atoms with Crippen LogP contribution in [0.4, 0.5) is 0 Å². The third-order valence-electron chi connectivity index (χ3n) is 5.45. The van der Waals surface area contributed by atoms with E-state index in [1.54, 1.807) is 20.4 Å². The van der Waals surface area contributed by atoms with Gasteiger partial charge in [-0.1, -0.05) is 18.2 Å². The zero-order valence-electron chi connectivity index (χ0n) is 17.7. The molecule has 6 heteroatoms. The Morgan fingerprint density at radius 1 is 1.03 bits per heavy atom. The normalized spacial score (nSPS) is 16.2. The van der Waals surface area contributed by atoms with Crippen molar-refractivity contribution in [1.29, 1.82) is 0 Å². The summed E-state index contributed by atoms with van der Waals surface area (Å²) < 4.78 is 18.6. The number of methoxy groups -OCH3 is 2. The lowest BCUT2D eigenvalue weighted by Gasteiger charge is -2.26. The van der Waals surface area contributed by atoms with Crippen LogP contribution in [0.2, 0.25) is 0 Å². The van der Waals surface area contributed by atoms with E-state index in [4.69, 9.17) is 14.2 Å². The van der Waals surface area contributed by atoms with Gasteiger partial charge in [-0.25, -0.2) is 4.68 Å². The molecule has 1 aliphatic heterocycles. The van der Waals surface area contributed by atoms with E-state index in [1.165, 1.54) is 11.1 Å². The molecule has 2 aromatic carbocycles. The smallest absolute Gasteiger partial charge is 0.161 e. The second-order valence-corrected chi connectivity index (χ2v) is 7.61. The van der Waals surface area contributed by atoms with Gasteiger partial charge in [0, 0.05) is 38.6 Å². The Morgan fingerprint density at radius 2 is 1.80 bits per heavy atom. The number of nitrogens with zero attached hydrogens (tertiary/aromatic N) is 3. The minimum Gasteiger partial charge on any atom is -0.493 e. The van der Waals surface area contributed by atoms with Crippen LogP contribution in [-0.2, 0) is 17.8 Å². The van der Waals surface area contributed by atoms with Crippen LogP contribution in [0.1, 0.15) is 24.0 Å². The predicted molar refractivity (Wildman–Crippen MR) is 116 cm³/mol. The maximum absolute atomic E-state index is 5.91. The third-order valence-corrected chi connectivity index (χ3v) is 5.45. The first-order chi connectivity index (χ1) is 14.7. The molecule has 0 bridgehead atoms. The van der Waals surface area contributed by atoms with Gasteiger partial charge in [-0.2, -0.15) is 5.10 Å². The largest absolute Gasteiger partial charge is 0.493 e. The second kappa shape index (κ2) is 9.78. The summed E-state index contributed by atoms with van der Waals surface area (Å²) in [5.41, 5.74) is 3.53. The van der Waals surface area contributed by atoms with Crippen LogP contribution < -0.4 is 9.47 Å². The quantitative estimate of drug-likeness (QED) is 0.535. The molecule has 1 fully saturated rings. The summed E-state index contributed by atoms with van der Waals surface area (Å²) in [4.78, 5) is 2.44. The Bertz CT molecular complexity index is 919. The number of benzene rings is 2.